The predicted octanol–water partition coefficient (Wildman–Crippen LogP) is 7.93. The lowest BCUT2D eigenvalue weighted by atomic mass is 9.95. The van der Waals surface area contributed by atoms with Crippen LogP contribution in [-0.2, 0) is 5.72 Å². The summed E-state index contributed by atoms with van der Waals surface area (Å²) in [4.78, 5) is 37.8. The van der Waals surface area contributed by atoms with E-state index in [1.54, 1.807) is 14.1 Å². The van der Waals surface area contributed by atoms with Crippen LogP contribution < -0.4 is 0 Å². The van der Waals surface area contributed by atoms with Crippen molar-refractivity contribution < 1.29 is 19.5 Å². The molecule has 3 aromatic carbocycles. The largest absolute Gasteiger partial charge is 0.367 e. The molecular formula is C34H52N2O4. The molecule has 4 rings (SSSR count). The molecule has 0 aromatic heterocycles. The number of benzene rings is 3. The monoisotopic (exact) mass is 552 g/mol. The van der Waals surface area contributed by atoms with Gasteiger partial charge in [0.25, 0.3) is 11.8 Å². The summed E-state index contributed by atoms with van der Waals surface area (Å²) in [5.74, 6) is -0.732. The van der Waals surface area contributed by atoms with Gasteiger partial charge >= 0.3 is 0 Å². The van der Waals surface area contributed by atoms with Gasteiger partial charge in [-0.25, -0.2) is 0 Å². The van der Waals surface area contributed by atoms with Gasteiger partial charge in [0.15, 0.2) is 12.0 Å². The Labute approximate surface area is 243 Å². The summed E-state index contributed by atoms with van der Waals surface area (Å²) in [5, 5.41) is 10.4. The summed E-state index contributed by atoms with van der Waals surface area (Å²) in [6.07, 6.45) is 0.539. The lowest BCUT2D eigenvalue weighted by Gasteiger charge is -2.27. The fourth-order valence-corrected chi connectivity index (χ4v) is 3.04. The average molecular weight is 553 g/mol. The van der Waals surface area contributed by atoms with Crippen molar-refractivity contribution in [3.63, 3.8) is 0 Å². The zero-order chi connectivity index (χ0) is 31.7. The van der Waals surface area contributed by atoms with Crippen LogP contribution in [0.3, 0.4) is 0 Å². The number of aldehydes is 1. The minimum Gasteiger partial charge on any atom is -0.367 e. The van der Waals surface area contributed by atoms with E-state index >= 15 is 0 Å². The van der Waals surface area contributed by atoms with Crippen molar-refractivity contribution in [2.24, 2.45) is 0 Å². The smallest absolute Gasteiger partial charge is 0.256 e. The Kier molecular flexibility index (Phi) is 24.7. The maximum absolute atomic E-state index is 12.1. The van der Waals surface area contributed by atoms with Gasteiger partial charge in [-0.1, -0.05) is 128 Å². The number of amides is 2. The first-order chi connectivity index (χ1) is 19.2. The lowest BCUT2D eigenvalue weighted by molar-refractivity contribution is -0.0558. The van der Waals surface area contributed by atoms with E-state index in [4.69, 9.17) is 0 Å². The summed E-state index contributed by atoms with van der Waals surface area (Å²) < 4.78 is 0. The van der Waals surface area contributed by atoms with Crippen LogP contribution in [-0.4, -0.2) is 54.1 Å². The molecule has 1 aliphatic rings. The van der Waals surface area contributed by atoms with Crippen molar-refractivity contribution >= 4 is 18.1 Å². The molecule has 2 amide bonds. The third kappa shape index (κ3) is 12.9. The number of hydrogen-bond donors (Lipinski definition) is 1. The van der Waals surface area contributed by atoms with Crippen LogP contribution in [0.4, 0.5) is 0 Å². The average Bonchev–Trinajstić information content (AvgIpc) is 3.21. The van der Waals surface area contributed by atoms with Gasteiger partial charge in [-0.2, -0.15) is 0 Å². The molecule has 6 nitrogen and oxygen atoms in total. The van der Waals surface area contributed by atoms with Crippen LogP contribution in [0.25, 0.3) is 0 Å². The van der Waals surface area contributed by atoms with Gasteiger partial charge < -0.3 is 14.9 Å². The highest BCUT2D eigenvalue weighted by molar-refractivity contribution is 6.06. The van der Waals surface area contributed by atoms with Crippen molar-refractivity contribution in [2.45, 2.75) is 68.0 Å². The Morgan fingerprint density at radius 3 is 1.35 bits per heavy atom. The fraction of sp³-hybridized carbons (Fsp3) is 0.382. The first-order valence-corrected chi connectivity index (χ1v) is 14.1. The molecule has 40 heavy (non-hydrogen) atoms. The Balaban J connectivity index is -0.000000558. The maximum atomic E-state index is 12.1. The van der Waals surface area contributed by atoms with Gasteiger partial charge in [-0.05, 0) is 19.1 Å². The SMILES string of the molecule is CC.CC.CC.CC.CN(C)C(=O)c1cc2c(cc1C=O)C(=O)N(C)C2(C)O.c1ccccc1.c1ccccc1. The molecule has 0 saturated carbocycles. The van der Waals surface area contributed by atoms with Gasteiger partial charge in [0, 0.05) is 37.8 Å². The number of aliphatic hydroxyl groups is 1. The minimum absolute atomic E-state index is 0.141. The molecule has 6 heteroatoms. The zero-order valence-electron chi connectivity index (χ0n) is 26.7. The Hall–Kier alpha value is -3.77. The quantitative estimate of drug-likeness (QED) is 0.328. The van der Waals surface area contributed by atoms with E-state index in [1.165, 1.54) is 35.9 Å². The van der Waals surface area contributed by atoms with Crippen LogP contribution in [0.1, 0.15) is 99.0 Å². The van der Waals surface area contributed by atoms with Gasteiger partial charge in [0.05, 0.1) is 5.56 Å². The third-order valence-corrected chi connectivity index (χ3v) is 4.98. The molecule has 0 saturated heterocycles. The molecule has 1 aliphatic heterocycles. The number of nitrogens with zero attached hydrogens (tertiary/aromatic N) is 2. The number of rotatable bonds is 2. The van der Waals surface area contributed by atoms with Gasteiger partial charge in [0.2, 0.25) is 0 Å². The summed E-state index contributed by atoms with van der Waals surface area (Å²) in [6.45, 7) is 17.5. The van der Waals surface area contributed by atoms with E-state index in [0.717, 1.165) is 0 Å². The molecule has 0 spiro atoms. The van der Waals surface area contributed by atoms with Crippen molar-refractivity contribution in [2.75, 3.05) is 21.1 Å². The highest BCUT2D eigenvalue weighted by atomic mass is 16.3. The van der Waals surface area contributed by atoms with E-state index in [1.807, 2.05) is 128 Å². The maximum Gasteiger partial charge on any atom is 0.256 e. The van der Waals surface area contributed by atoms with E-state index < -0.39 is 5.72 Å². The molecular weight excluding hydrogens is 500 g/mol. The second-order valence-corrected chi connectivity index (χ2v) is 7.50. The Morgan fingerprint density at radius 1 is 0.750 bits per heavy atom. The second kappa shape index (κ2) is 24.3. The zero-order valence-corrected chi connectivity index (χ0v) is 26.7. The first-order valence-electron chi connectivity index (χ1n) is 14.1. The number of carbonyl (C=O) groups is 3. The van der Waals surface area contributed by atoms with Crippen LogP contribution in [0.5, 0.6) is 0 Å². The van der Waals surface area contributed by atoms with Gasteiger partial charge in [0.1, 0.15) is 0 Å². The van der Waals surface area contributed by atoms with Crippen LogP contribution in [0.15, 0.2) is 84.9 Å². The van der Waals surface area contributed by atoms with Gasteiger partial charge in [-0.3, -0.25) is 14.4 Å². The standard InChI is InChI=1S/C14H16N2O4.2C6H6.4C2H6/c1-14(20)11-6-9(12(18)15(2)3)8(7-17)5-10(11)13(19)16(14)4;2*1-2-4-6-5-3-1;4*1-2/h5-7,20H,1-4H3;2*1-6H;4*1-2H3. The molecule has 0 radical (unpaired) electrons. The van der Waals surface area contributed by atoms with Gasteiger partial charge in [-0.15, -0.1) is 0 Å². The second-order valence-electron chi connectivity index (χ2n) is 7.50. The molecule has 3 aromatic rings. The molecule has 0 fully saturated rings. The summed E-state index contributed by atoms with van der Waals surface area (Å²) >= 11 is 0. The molecule has 1 N–H and O–H groups in total. The summed E-state index contributed by atoms with van der Waals surface area (Å²) in [5.41, 5.74) is -0.598. The van der Waals surface area contributed by atoms with Crippen molar-refractivity contribution in [1.82, 2.24) is 9.80 Å². The number of carbonyl (C=O) groups excluding carboxylic acids is 3. The van der Waals surface area contributed by atoms with E-state index in [9.17, 15) is 19.5 Å². The summed E-state index contributed by atoms with van der Waals surface area (Å²) in [6, 6.07) is 26.8. The van der Waals surface area contributed by atoms with Crippen LogP contribution in [0, 0.1) is 0 Å². The Bertz CT molecular complexity index is 965. The first kappa shape index (κ1) is 40.7. The van der Waals surface area contributed by atoms with E-state index in [-0.39, 0.29) is 28.5 Å². The fourth-order valence-electron chi connectivity index (χ4n) is 3.04. The number of fused-ring (bicyclic) bond motifs is 1. The highest BCUT2D eigenvalue weighted by Crippen LogP contribution is 2.37. The number of hydrogen-bond acceptors (Lipinski definition) is 4. The van der Waals surface area contributed by atoms with Crippen molar-refractivity contribution in [1.29, 1.82) is 0 Å². The highest BCUT2D eigenvalue weighted by Gasteiger charge is 2.43. The normalized spacial score (nSPS) is 13.4. The topological polar surface area (TPSA) is 77.9 Å². The van der Waals surface area contributed by atoms with Crippen LogP contribution in [0.2, 0.25) is 0 Å². The Morgan fingerprint density at radius 2 is 1.07 bits per heavy atom. The predicted molar refractivity (Wildman–Crippen MR) is 170 cm³/mol. The third-order valence-electron chi connectivity index (χ3n) is 4.98. The van der Waals surface area contributed by atoms with Crippen molar-refractivity contribution in [3.05, 3.63) is 107 Å². The van der Waals surface area contributed by atoms with Crippen molar-refractivity contribution in [3.8, 4) is 0 Å². The molecule has 1 atom stereocenters. The molecule has 1 heterocycles. The molecule has 0 bridgehead atoms. The molecule has 1 unspecified atom stereocenters. The van der Waals surface area contributed by atoms with E-state index in [0.29, 0.717) is 11.8 Å². The minimum atomic E-state index is -1.49. The molecule has 222 valence electrons. The summed E-state index contributed by atoms with van der Waals surface area (Å²) in [7, 11) is 4.61. The lowest BCUT2D eigenvalue weighted by Crippen LogP contribution is -2.38. The molecule has 0 aliphatic carbocycles. The van der Waals surface area contributed by atoms with E-state index in [2.05, 4.69) is 0 Å². The van der Waals surface area contributed by atoms with Crippen LogP contribution >= 0.6 is 0 Å².